The van der Waals surface area contributed by atoms with Gasteiger partial charge in [0, 0.05) is 43.9 Å². The minimum Gasteiger partial charge on any atom is -0.490 e. The zero-order valence-electron chi connectivity index (χ0n) is 27.4. The number of benzene rings is 3. The van der Waals surface area contributed by atoms with E-state index < -0.39 is 6.04 Å². The second-order valence-corrected chi connectivity index (χ2v) is 12.3. The topological polar surface area (TPSA) is 108 Å². The number of hydrogen-bond donors (Lipinski definition) is 2. The molecule has 1 heterocycles. The predicted molar refractivity (Wildman–Crippen MR) is 179 cm³/mol. The van der Waals surface area contributed by atoms with Crippen LogP contribution in [0.5, 0.6) is 5.75 Å². The molecule has 4 rings (SSSR count). The summed E-state index contributed by atoms with van der Waals surface area (Å²) < 4.78 is 12.7. The van der Waals surface area contributed by atoms with E-state index in [1.165, 1.54) is 0 Å². The molecule has 0 aliphatic carbocycles. The Bertz CT molecular complexity index is 1430. The molecular weight excluding hydrogens is 582 g/mol. The van der Waals surface area contributed by atoms with E-state index >= 15 is 0 Å². The number of hydrogen-bond acceptors (Lipinski definition) is 6. The van der Waals surface area contributed by atoms with Crippen molar-refractivity contribution in [3.05, 3.63) is 95.6 Å². The molecule has 1 aliphatic heterocycles. The van der Waals surface area contributed by atoms with Crippen molar-refractivity contribution >= 4 is 23.4 Å². The van der Waals surface area contributed by atoms with Crippen LogP contribution in [0.1, 0.15) is 66.3 Å². The molecule has 3 amide bonds. The van der Waals surface area contributed by atoms with Gasteiger partial charge in [0.05, 0.1) is 36.8 Å². The molecule has 0 saturated carbocycles. The normalized spacial score (nSPS) is 20.1. The van der Waals surface area contributed by atoms with Crippen molar-refractivity contribution in [2.45, 2.75) is 64.7 Å². The van der Waals surface area contributed by atoms with Gasteiger partial charge in [0.2, 0.25) is 5.91 Å². The van der Waals surface area contributed by atoms with Crippen molar-refractivity contribution < 1.29 is 29.0 Å². The summed E-state index contributed by atoms with van der Waals surface area (Å²) in [6.07, 6.45) is 2.14. The van der Waals surface area contributed by atoms with E-state index in [2.05, 4.69) is 5.32 Å². The molecule has 0 aromatic heterocycles. The maximum Gasteiger partial charge on any atom is 0.258 e. The van der Waals surface area contributed by atoms with Crippen molar-refractivity contribution in [1.82, 2.24) is 9.80 Å². The summed E-state index contributed by atoms with van der Waals surface area (Å²) in [5.74, 6) is -0.367. The summed E-state index contributed by atoms with van der Waals surface area (Å²) in [6, 6.07) is 23.2. The molecule has 9 heteroatoms. The van der Waals surface area contributed by atoms with Crippen LogP contribution in [0.25, 0.3) is 0 Å². The number of fused-ring (bicyclic) bond motifs is 1. The van der Waals surface area contributed by atoms with Crippen LogP contribution in [0, 0.1) is 5.92 Å². The van der Waals surface area contributed by atoms with Crippen LogP contribution in [-0.2, 0) is 16.0 Å². The zero-order chi connectivity index (χ0) is 33.1. The van der Waals surface area contributed by atoms with Crippen LogP contribution in [-0.4, -0.2) is 84.2 Å². The highest BCUT2D eigenvalue weighted by Gasteiger charge is 2.31. The molecule has 9 nitrogen and oxygen atoms in total. The largest absolute Gasteiger partial charge is 0.490 e. The quantitative estimate of drug-likeness (QED) is 0.344. The lowest BCUT2D eigenvalue weighted by Gasteiger charge is -2.36. The number of rotatable bonds is 8. The summed E-state index contributed by atoms with van der Waals surface area (Å²) in [5, 5.41) is 13.1. The third kappa shape index (κ3) is 9.64. The molecule has 0 fully saturated rings. The number of nitrogens with one attached hydrogen (secondary N) is 1. The van der Waals surface area contributed by atoms with Gasteiger partial charge in [0.15, 0.2) is 0 Å². The maximum absolute atomic E-state index is 14.3. The summed E-state index contributed by atoms with van der Waals surface area (Å²) >= 11 is 0. The minimum absolute atomic E-state index is 0.103. The Morgan fingerprint density at radius 2 is 1.72 bits per heavy atom. The van der Waals surface area contributed by atoms with Crippen LogP contribution >= 0.6 is 0 Å². The Morgan fingerprint density at radius 3 is 2.41 bits per heavy atom. The summed E-state index contributed by atoms with van der Waals surface area (Å²) in [5.41, 5.74) is 2.28. The number of carbonyl (C=O) groups is 3. The van der Waals surface area contributed by atoms with Gasteiger partial charge in [0.25, 0.3) is 11.8 Å². The molecule has 46 heavy (non-hydrogen) atoms. The lowest BCUT2D eigenvalue weighted by molar-refractivity contribution is -0.115. The first-order valence-electron chi connectivity index (χ1n) is 16.1. The van der Waals surface area contributed by atoms with Crippen LogP contribution in [0.3, 0.4) is 0 Å². The van der Waals surface area contributed by atoms with Crippen LogP contribution in [0.15, 0.2) is 78.9 Å². The molecule has 0 radical (unpaired) electrons. The third-order valence-electron chi connectivity index (χ3n) is 8.36. The number of anilines is 1. The third-order valence-corrected chi connectivity index (χ3v) is 8.36. The number of aliphatic hydroxyl groups excluding tert-OH is 1. The van der Waals surface area contributed by atoms with Crippen molar-refractivity contribution in [2.24, 2.45) is 5.92 Å². The molecule has 3 aromatic carbocycles. The average Bonchev–Trinajstić information content (AvgIpc) is 3.06. The highest BCUT2D eigenvalue weighted by Crippen LogP contribution is 2.28. The fraction of sp³-hybridized carbons (Fsp3) is 0.432. The van der Waals surface area contributed by atoms with E-state index in [9.17, 15) is 19.5 Å². The van der Waals surface area contributed by atoms with Crippen LogP contribution < -0.4 is 10.1 Å². The van der Waals surface area contributed by atoms with Gasteiger partial charge in [-0.05, 0) is 69.0 Å². The number of likely N-dealkylation sites (N-methyl/N-ethyl adjacent to an activating group) is 1. The van der Waals surface area contributed by atoms with E-state index in [1.807, 2.05) is 62.4 Å². The standard InChI is InChI=1S/C37H47N3O6/c1-26-23-40(27(2)25-41)37(44)32-22-31(38-35(42)21-29-14-7-5-8-15-29)18-19-33(32)46-28(3)13-11-12-20-45-34(26)24-39(4)36(43)30-16-9-6-10-17-30/h5-10,14-19,22,26-28,34,41H,11-13,20-21,23-25H2,1-4H3,(H,38,42)/t26-,27-,28+,34+/m1/s1. The fourth-order valence-corrected chi connectivity index (χ4v) is 5.60. The first kappa shape index (κ1) is 34.7. The minimum atomic E-state index is -0.506. The molecule has 1 aliphatic rings. The first-order chi connectivity index (χ1) is 22.2. The number of ether oxygens (including phenoxy) is 2. The van der Waals surface area contributed by atoms with E-state index in [-0.39, 0.29) is 55.4 Å². The van der Waals surface area contributed by atoms with Crippen molar-refractivity contribution in [1.29, 1.82) is 0 Å². The Hall–Kier alpha value is -4.21. The fourth-order valence-electron chi connectivity index (χ4n) is 5.60. The van der Waals surface area contributed by atoms with Gasteiger partial charge in [-0.3, -0.25) is 14.4 Å². The van der Waals surface area contributed by atoms with Gasteiger partial charge in [-0.25, -0.2) is 0 Å². The number of aliphatic hydroxyl groups is 1. The first-order valence-corrected chi connectivity index (χ1v) is 16.1. The van der Waals surface area contributed by atoms with Crippen molar-refractivity contribution in [2.75, 3.05) is 38.7 Å². The average molecular weight is 630 g/mol. The molecule has 0 saturated heterocycles. The summed E-state index contributed by atoms with van der Waals surface area (Å²) in [4.78, 5) is 43.7. The number of amides is 3. The highest BCUT2D eigenvalue weighted by molar-refractivity contribution is 6.00. The van der Waals surface area contributed by atoms with Gasteiger partial charge in [-0.1, -0.05) is 55.5 Å². The van der Waals surface area contributed by atoms with E-state index in [0.717, 1.165) is 24.8 Å². The number of nitrogens with zero attached hydrogens (tertiary/aromatic N) is 2. The van der Waals surface area contributed by atoms with Gasteiger partial charge in [0.1, 0.15) is 5.75 Å². The Balaban J connectivity index is 1.60. The van der Waals surface area contributed by atoms with Gasteiger partial charge in [-0.2, -0.15) is 0 Å². The molecular formula is C37H47N3O6. The summed E-state index contributed by atoms with van der Waals surface area (Å²) in [6.45, 7) is 6.67. The van der Waals surface area contributed by atoms with Crippen LogP contribution in [0.4, 0.5) is 5.69 Å². The van der Waals surface area contributed by atoms with E-state index in [0.29, 0.717) is 35.7 Å². The van der Waals surface area contributed by atoms with E-state index in [1.54, 1.807) is 54.1 Å². The molecule has 246 valence electrons. The summed E-state index contributed by atoms with van der Waals surface area (Å²) in [7, 11) is 1.76. The molecule has 0 unspecified atom stereocenters. The Labute approximate surface area is 272 Å². The van der Waals surface area contributed by atoms with E-state index in [4.69, 9.17) is 9.47 Å². The molecule has 3 aromatic rings. The predicted octanol–water partition coefficient (Wildman–Crippen LogP) is 5.44. The molecule has 2 N–H and O–H groups in total. The second kappa shape index (κ2) is 16.9. The Morgan fingerprint density at radius 1 is 1.02 bits per heavy atom. The lowest BCUT2D eigenvalue weighted by atomic mass is 10.0. The monoisotopic (exact) mass is 629 g/mol. The Kier molecular flexibility index (Phi) is 12.7. The SMILES string of the molecule is C[C@@H]1CN([C@H](C)CO)C(=O)c2cc(NC(=O)Cc3ccccc3)ccc2O[C@@H](C)CCCCO[C@H]1CN(C)C(=O)c1ccccc1. The van der Waals surface area contributed by atoms with Crippen molar-refractivity contribution in [3.63, 3.8) is 0 Å². The molecule has 0 spiro atoms. The van der Waals surface area contributed by atoms with Gasteiger partial charge < -0.3 is 29.7 Å². The molecule has 0 bridgehead atoms. The smallest absolute Gasteiger partial charge is 0.258 e. The van der Waals surface area contributed by atoms with Gasteiger partial charge in [-0.15, -0.1) is 0 Å². The number of carbonyl (C=O) groups excluding carboxylic acids is 3. The zero-order valence-corrected chi connectivity index (χ0v) is 27.4. The highest BCUT2D eigenvalue weighted by atomic mass is 16.5. The van der Waals surface area contributed by atoms with Crippen LogP contribution in [0.2, 0.25) is 0 Å². The van der Waals surface area contributed by atoms with Crippen molar-refractivity contribution in [3.8, 4) is 5.75 Å². The van der Waals surface area contributed by atoms with Gasteiger partial charge >= 0.3 is 0 Å². The second-order valence-electron chi connectivity index (χ2n) is 12.3. The maximum atomic E-state index is 14.3. The lowest BCUT2D eigenvalue weighted by Crippen LogP contribution is -2.48. The molecule has 4 atom stereocenters.